The number of amides is 1. The van der Waals surface area contributed by atoms with Crippen LogP contribution in [0.15, 0.2) is 47.3 Å². The van der Waals surface area contributed by atoms with Crippen LogP contribution in [0.25, 0.3) is 27.5 Å². The van der Waals surface area contributed by atoms with Crippen molar-refractivity contribution in [2.24, 2.45) is 7.05 Å². The maximum atomic E-state index is 13.6. The molecule has 0 radical (unpaired) electrons. The van der Waals surface area contributed by atoms with E-state index >= 15 is 0 Å². The lowest BCUT2D eigenvalue weighted by Gasteiger charge is -2.16. The molecule has 2 aromatic heterocycles. The average Bonchev–Trinajstić information content (AvgIpc) is 3.38. The van der Waals surface area contributed by atoms with E-state index in [2.05, 4.69) is 0 Å². The van der Waals surface area contributed by atoms with Crippen molar-refractivity contribution in [2.45, 2.75) is 26.2 Å². The van der Waals surface area contributed by atoms with Crippen LogP contribution in [0.1, 0.15) is 24.1 Å². The van der Waals surface area contributed by atoms with Crippen molar-refractivity contribution < 1.29 is 4.79 Å². The molecular formula is C24H23ClN4O2. The quantitative estimate of drug-likeness (QED) is 0.489. The Morgan fingerprint density at radius 1 is 1.13 bits per heavy atom. The van der Waals surface area contributed by atoms with Gasteiger partial charge in [-0.15, -0.1) is 0 Å². The minimum Gasteiger partial charge on any atom is -0.342 e. The van der Waals surface area contributed by atoms with Crippen LogP contribution in [-0.2, 0) is 18.3 Å². The molecule has 5 rings (SSSR count). The first-order valence-corrected chi connectivity index (χ1v) is 10.9. The number of hydrogen-bond donors (Lipinski definition) is 0. The molecule has 0 N–H and O–H groups in total. The molecule has 0 unspecified atom stereocenters. The number of carbonyl (C=O) groups excluding carboxylic acids is 1. The van der Waals surface area contributed by atoms with Gasteiger partial charge in [-0.25, -0.2) is 0 Å². The number of benzene rings is 2. The third-order valence-electron chi connectivity index (χ3n) is 6.09. The van der Waals surface area contributed by atoms with Gasteiger partial charge in [-0.1, -0.05) is 29.8 Å². The molecule has 1 aliphatic rings. The van der Waals surface area contributed by atoms with E-state index < -0.39 is 0 Å². The Balaban J connectivity index is 1.80. The second-order valence-electron chi connectivity index (χ2n) is 8.21. The summed E-state index contributed by atoms with van der Waals surface area (Å²) in [6.07, 6.45) is 2.22. The lowest BCUT2D eigenvalue weighted by molar-refractivity contribution is -0.129. The van der Waals surface area contributed by atoms with Crippen molar-refractivity contribution in [1.82, 2.24) is 19.2 Å². The van der Waals surface area contributed by atoms with Crippen LogP contribution in [0.2, 0.25) is 5.02 Å². The van der Waals surface area contributed by atoms with Crippen LogP contribution in [0.4, 0.5) is 0 Å². The fourth-order valence-corrected chi connectivity index (χ4v) is 4.71. The predicted octanol–water partition coefficient (Wildman–Crippen LogP) is 4.00. The number of halogens is 1. The van der Waals surface area contributed by atoms with Gasteiger partial charge in [0.05, 0.1) is 23.3 Å². The highest BCUT2D eigenvalue weighted by Crippen LogP contribution is 2.31. The van der Waals surface area contributed by atoms with Crippen LogP contribution in [0.5, 0.6) is 0 Å². The van der Waals surface area contributed by atoms with Crippen LogP contribution in [0.3, 0.4) is 0 Å². The van der Waals surface area contributed by atoms with Crippen molar-refractivity contribution in [2.75, 3.05) is 13.1 Å². The van der Waals surface area contributed by atoms with Crippen molar-refractivity contribution in [3.63, 3.8) is 0 Å². The van der Waals surface area contributed by atoms with E-state index in [4.69, 9.17) is 16.7 Å². The Bertz CT molecular complexity index is 1400. The summed E-state index contributed by atoms with van der Waals surface area (Å²) in [5.74, 6) is 0.0479. The first-order valence-electron chi connectivity index (χ1n) is 10.5. The number of hydrogen-bond acceptors (Lipinski definition) is 3. The molecular weight excluding hydrogens is 412 g/mol. The SMILES string of the molecule is Cc1cccc(-n2nc(CC(=O)N3CCCC3)c3c4ccc(Cl)cc4n(C)c3c2=O)c1. The van der Waals surface area contributed by atoms with Crippen molar-refractivity contribution in [3.05, 3.63) is 69.1 Å². The Kier molecular flexibility index (Phi) is 4.82. The van der Waals surface area contributed by atoms with Gasteiger partial charge in [-0.05, 0) is 49.6 Å². The van der Waals surface area contributed by atoms with Crippen molar-refractivity contribution in [3.8, 4) is 5.69 Å². The summed E-state index contributed by atoms with van der Waals surface area (Å²) >= 11 is 6.24. The zero-order chi connectivity index (χ0) is 21.7. The maximum absolute atomic E-state index is 13.6. The molecule has 6 nitrogen and oxygen atoms in total. The van der Waals surface area contributed by atoms with E-state index in [0.717, 1.165) is 47.8 Å². The summed E-state index contributed by atoms with van der Waals surface area (Å²) in [5.41, 5.74) is 3.49. The van der Waals surface area contributed by atoms with Crippen LogP contribution >= 0.6 is 11.6 Å². The van der Waals surface area contributed by atoms with Gasteiger partial charge in [0.1, 0.15) is 5.52 Å². The van der Waals surface area contributed by atoms with Crippen LogP contribution in [0, 0.1) is 6.92 Å². The van der Waals surface area contributed by atoms with Crippen LogP contribution < -0.4 is 5.56 Å². The largest absolute Gasteiger partial charge is 0.342 e. The van der Waals surface area contributed by atoms with Gasteiger partial charge in [-0.3, -0.25) is 9.59 Å². The molecule has 0 bridgehead atoms. The minimum atomic E-state index is -0.215. The van der Waals surface area contributed by atoms with E-state index in [1.54, 1.807) is 0 Å². The van der Waals surface area contributed by atoms with Gasteiger partial charge in [0.25, 0.3) is 5.56 Å². The normalized spacial score (nSPS) is 14.1. The van der Waals surface area contributed by atoms with Crippen molar-refractivity contribution >= 4 is 39.3 Å². The highest BCUT2D eigenvalue weighted by Gasteiger charge is 2.24. The number of fused-ring (bicyclic) bond motifs is 3. The molecule has 1 saturated heterocycles. The summed E-state index contributed by atoms with van der Waals surface area (Å²) in [6.45, 7) is 3.54. The topological polar surface area (TPSA) is 60.1 Å². The predicted molar refractivity (Wildman–Crippen MR) is 123 cm³/mol. The third-order valence-corrected chi connectivity index (χ3v) is 6.33. The molecule has 31 heavy (non-hydrogen) atoms. The third kappa shape index (κ3) is 3.31. The molecule has 4 aromatic rings. The summed E-state index contributed by atoms with van der Waals surface area (Å²) in [6, 6.07) is 13.2. The van der Waals surface area contributed by atoms with E-state index in [1.807, 2.05) is 65.9 Å². The number of aromatic nitrogens is 3. The second-order valence-corrected chi connectivity index (χ2v) is 8.65. The monoisotopic (exact) mass is 434 g/mol. The molecule has 1 aliphatic heterocycles. The lowest BCUT2D eigenvalue weighted by atomic mass is 10.1. The standard InChI is InChI=1S/C24H23ClN4O2/c1-15-6-5-7-17(12-15)29-24(31)23-22(18-9-8-16(25)13-20(18)27(23)2)19(26-29)14-21(30)28-10-3-4-11-28/h5-9,12-13H,3-4,10-11,14H2,1-2H3. The Morgan fingerprint density at radius 3 is 2.65 bits per heavy atom. The Labute approximate surface area is 184 Å². The number of rotatable bonds is 3. The number of aryl methyl sites for hydroxylation is 2. The summed E-state index contributed by atoms with van der Waals surface area (Å²) < 4.78 is 3.28. The minimum absolute atomic E-state index is 0.0479. The van der Waals surface area contributed by atoms with E-state index in [-0.39, 0.29) is 17.9 Å². The fourth-order valence-electron chi connectivity index (χ4n) is 4.55. The molecule has 3 heterocycles. The summed E-state index contributed by atoms with van der Waals surface area (Å²) in [4.78, 5) is 28.5. The molecule has 1 fully saturated rings. The van der Waals surface area contributed by atoms with Gasteiger partial charge >= 0.3 is 0 Å². The smallest absolute Gasteiger partial charge is 0.296 e. The molecule has 158 valence electrons. The van der Waals surface area contributed by atoms with Gasteiger partial charge < -0.3 is 9.47 Å². The molecule has 7 heteroatoms. The zero-order valence-electron chi connectivity index (χ0n) is 17.6. The zero-order valence-corrected chi connectivity index (χ0v) is 18.3. The highest BCUT2D eigenvalue weighted by molar-refractivity contribution is 6.31. The first-order chi connectivity index (χ1) is 14.9. The Hall–Kier alpha value is -3.12. The summed E-state index contributed by atoms with van der Waals surface area (Å²) in [7, 11) is 1.86. The fraction of sp³-hybridized carbons (Fsp3) is 0.292. The van der Waals surface area contributed by atoms with Gasteiger partial charge in [0, 0.05) is 35.9 Å². The maximum Gasteiger partial charge on any atom is 0.296 e. The van der Waals surface area contributed by atoms with E-state index in [1.165, 1.54) is 4.68 Å². The second kappa shape index (κ2) is 7.54. The van der Waals surface area contributed by atoms with E-state index in [9.17, 15) is 9.59 Å². The molecule has 1 amide bonds. The highest BCUT2D eigenvalue weighted by atomic mass is 35.5. The van der Waals surface area contributed by atoms with Crippen molar-refractivity contribution in [1.29, 1.82) is 0 Å². The summed E-state index contributed by atoms with van der Waals surface area (Å²) in [5, 5.41) is 6.93. The van der Waals surface area contributed by atoms with Gasteiger partial charge in [-0.2, -0.15) is 9.78 Å². The lowest BCUT2D eigenvalue weighted by Crippen LogP contribution is -2.31. The molecule has 0 aliphatic carbocycles. The number of nitrogens with zero attached hydrogens (tertiary/aromatic N) is 4. The molecule has 0 saturated carbocycles. The van der Waals surface area contributed by atoms with Gasteiger partial charge in [0.2, 0.25) is 5.91 Å². The number of likely N-dealkylation sites (tertiary alicyclic amines) is 1. The average molecular weight is 435 g/mol. The first kappa shape index (κ1) is 19.8. The Morgan fingerprint density at radius 2 is 1.90 bits per heavy atom. The molecule has 0 atom stereocenters. The number of carbonyl (C=O) groups is 1. The molecule has 0 spiro atoms. The van der Waals surface area contributed by atoms with Crippen LogP contribution in [-0.4, -0.2) is 38.2 Å². The van der Waals surface area contributed by atoms with E-state index in [0.29, 0.717) is 21.9 Å². The molecule has 2 aromatic carbocycles. The van der Waals surface area contributed by atoms with Gasteiger partial charge in [0.15, 0.2) is 0 Å².